The lowest BCUT2D eigenvalue weighted by Crippen LogP contribution is -2.06. The average Bonchev–Trinajstić information content (AvgIpc) is 2.77. The number of hydrogen-bond donors (Lipinski definition) is 1. The van der Waals surface area contributed by atoms with Crippen molar-refractivity contribution in [2.24, 2.45) is 0 Å². The van der Waals surface area contributed by atoms with Crippen molar-refractivity contribution in [2.75, 3.05) is 11.5 Å². The highest BCUT2D eigenvalue weighted by Gasteiger charge is 2.11. The van der Waals surface area contributed by atoms with Crippen LogP contribution in [0.25, 0.3) is 6.08 Å². The summed E-state index contributed by atoms with van der Waals surface area (Å²) in [5.74, 6) is 1.32. The zero-order valence-corrected chi connectivity index (χ0v) is 12.0. The van der Waals surface area contributed by atoms with Gasteiger partial charge in [-0.15, -0.1) is 10.2 Å². The summed E-state index contributed by atoms with van der Waals surface area (Å²) in [6.07, 6.45) is 4.22. The van der Waals surface area contributed by atoms with Gasteiger partial charge in [-0.25, -0.2) is 0 Å². The third kappa shape index (κ3) is 3.61. The van der Waals surface area contributed by atoms with E-state index in [1.165, 1.54) is 5.56 Å². The lowest BCUT2D eigenvalue weighted by Gasteiger charge is -2.10. The van der Waals surface area contributed by atoms with Crippen molar-refractivity contribution < 1.29 is 0 Å². The Labute approximate surface area is 117 Å². The van der Waals surface area contributed by atoms with E-state index in [0.717, 1.165) is 10.9 Å². The number of nitrogens with two attached hydrogens (primary N) is 1. The van der Waals surface area contributed by atoms with E-state index in [1.54, 1.807) is 11.8 Å². The molecule has 0 atom stereocenters. The van der Waals surface area contributed by atoms with E-state index >= 15 is 0 Å². The van der Waals surface area contributed by atoms with Gasteiger partial charge in [-0.1, -0.05) is 54.2 Å². The molecule has 0 saturated heterocycles. The summed E-state index contributed by atoms with van der Waals surface area (Å²) < 4.78 is 1.95. The summed E-state index contributed by atoms with van der Waals surface area (Å²) in [6.45, 7) is 4.15. The van der Waals surface area contributed by atoms with Crippen LogP contribution < -0.4 is 5.73 Å². The normalized spacial score (nSPS) is 11.5. The molecule has 1 aromatic heterocycles. The van der Waals surface area contributed by atoms with Crippen LogP contribution in [0.3, 0.4) is 0 Å². The molecule has 5 heteroatoms. The summed E-state index contributed by atoms with van der Waals surface area (Å²) in [7, 11) is 0. The number of anilines is 1. The Morgan fingerprint density at radius 1 is 1.26 bits per heavy atom. The lowest BCUT2D eigenvalue weighted by atomic mass is 10.2. The second-order valence-electron chi connectivity index (χ2n) is 4.43. The van der Waals surface area contributed by atoms with Crippen LogP contribution in [0.2, 0.25) is 0 Å². The second-order valence-corrected chi connectivity index (χ2v) is 5.42. The molecule has 19 heavy (non-hydrogen) atoms. The molecule has 0 spiro atoms. The summed E-state index contributed by atoms with van der Waals surface area (Å²) in [5.41, 5.74) is 7.00. The van der Waals surface area contributed by atoms with Crippen molar-refractivity contribution in [1.82, 2.24) is 14.8 Å². The van der Waals surface area contributed by atoms with Gasteiger partial charge in [-0.2, -0.15) is 0 Å². The van der Waals surface area contributed by atoms with Gasteiger partial charge in [0.15, 0.2) is 5.16 Å². The molecule has 2 rings (SSSR count). The van der Waals surface area contributed by atoms with Crippen molar-refractivity contribution in [3.05, 3.63) is 42.0 Å². The van der Waals surface area contributed by atoms with E-state index in [9.17, 15) is 0 Å². The van der Waals surface area contributed by atoms with Crippen molar-refractivity contribution in [1.29, 1.82) is 0 Å². The summed E-state index contributed by atoms with van der Waals surface area (Å²) >= 11 is 1.64. The zero-order valence-electron chi connectivity index (χ0n) is 11.2. The molecule has 0 radical (unpaired) electrons. The predicted molar refractivity (Wildman–Crippen MR) is 81.0 cm³/mol. The van der Waals surface area contributed by atoms with Gasteiger partial charge in [0.25, 0.3) is 0 Å². The SMILES string of the molecule is CC(C)n1c(N)nnc1SCC=Cc1ccccc1. The van der Waals surface area contributed by atoms with Crippen LogP contribution in [-0.2, 0) is 0 Å². The van der Waals surface area contributed by atoms with Gasteiger partial charge in [0, 0.05) is 11.8 Å². The van der Waals surface area contributed by atoms with Crippen LogP contribution in [0.15, 0.2) is 41.6 Å². The van der Waals surface area contributed by atoms with E-state index in [1.807, 2.05) is 22.8 Å². The van der Waals surface area contributed by atoms with Crippen molar-refractivity contribution in [3.63, 3.8) is 0 Å². The standard InChI is InChI=1S/C14H18N4S/c1-11(2)18-13(15)16-17-14(18)19-10-6-9-12-7-4-3-5-8-12/h3-9,11H,10H2,1-2H3,(H2,15,16). The Morgan fingerprint density at radius 2 is 2.00 bits per heavy atom. The first-order valence-corrected chi connectivity index (χ1v) is 7.22. The van der Waals surface area contributed by atoms with Gasteiger partial charge in [-0.3, -0.25) is 4.57 Å². The van der Waals surface area contributed by atoms with E-state index < -0.39 is 0 Å². The van der Waals surface area contributed by atoms with Gasteiger partial charge in [0.05, 0.1) is 0 Å². The van der Waals surface area contributed by atoms with Gasteiger partial charge < -0.3 is 5.73 Å². The first-order chi connectivity index (χ1) is 9.18. The van der Waals surface area contributed by atoms with Crippen molar-refractivity contribution in [2.45, 2.75) is 25.0 Å². The summed E-state index contributed by atoms with van der Waals surface area (Å²) in [4.78, 5) is 0. The number of thioether (sulfide) groups is 1. The maximum absolute atomic E-state index is 5.80. The quantitative estimate of drug-likeness (QED) is 0.850. The molecule has 4 nitrogen and oxygen atoms in total. The molecule has 0 amide bonds. The molecule has 100 valence electrons. The van der Waals surface area contributed by atoms with Crippen LogP contribution in [0, 0.1) is 0 Å². The van der Waals surface area contributed by atoms with Gasteiger partial charge in [-0.05, 0) is 19.4 Å². The monoisotopic (exact) mass is 274 g/mol. The Morgan fingerprint density at radius 3 is 2.68 bits per heavy atom. The summed E-state index contributed by atoms with van der Waals surface area (Å²) in [5, 5.41) is 8.89. The largest absolute Gasteiger partial charge is 0.368 e. The Kier molecular flexibility index (Phi) is 4.63. The minimum atomic E-state index is 0.274. The molecule has 0 aliphatic rings. The van der Waals surface area contributed by atoms with Gasteiger partial charge in [0.2, 0.25) is 5.95 Å². The fourth-order valence-corrected chi connectivity index (χ4v) is 2.63. The lowest BCUT2D eigenvalue weighted by molar-refractivity contribution is 0.557. The maximum atomic E-state index is 5.80. The fourth-order valence-electron chi connectivity index (χ4n) is 1.74. The fraction of sp³-hybridized carbons (Fsp3) is 0.286. The van der Waals surface area contributed by atoms with Gasteiger partial charge >= 0.3 is 0 Å². The molecule has 0 unspecified atom stereocenters. The number of nitrogen functional groups attached to an aromatic ring is 1. The maximum Gasteiger partial charge on any atom is 0.222 e. The average molecular weight is 274 g/mol. The minimum Gasteiger partial charge on any atom is -0.368 e. The van der Waals surface area contributed by atoms with Crippen LogP contribution in [0.5, 0.6) is 0 Å². The predicted octanol–water partition coefficient (Wildman–Crippen LogP) is 3.25. The molecular formula is C14H18N4S. The highest BCUT2D eigenvalue weighted by molar-refractivity contribution is 7.99. The number of nitrogens with zero attached hydrogens (tertiary/aromatic N) is 3. The molecule has 2 aromatic rings. The highest BCUT2D eigenvalue weighted by Crippen LogP contribution is 2.22. The first-order valence-electron chi connectivity index (χ1n) is 6.23. The summed E-state index contributed by atoms with van der Waals surface area (Å²) in [6, 6.07) is 10.5. The molecule has 1 heterocycles. The second kappa shape index (κ2) is 6.43. The van der Waals surface area contributed by atoms with Crippen molar-refractivity contribution in [3.8, 4) is 0 Å². The first kappa shape index (κ1) is 13.7. The molecule has 0 saturated carbocycles. The smallest absolute Gasteiger partial charge is 0.222 e. The number of rotatable bonds is 5. The Hall–Kier alpha value is -1.75. The van der Waals surface area contributed by atoms with Crippen LogP contribution in [0.1, 0.15) is 25.5 Å². The van der Waals surface area contributed by atoms with E-state index in [-0.39, 0.29) is 6.04 Å². The Balaban J connectivity index is 1.95. The van der Waals surface area contributed by atoms with Crippen LogP contribution in [-0.4, -0.2) is 20.5 Å². The van der Waals surface area contributed by atoms with Crippen molar-refractivity contribution >= 4 is 23.8 Å². The van der Waals surface area contributed by atoms with E-state index in [4.69, 9.17) is 5.73 Å². The highest BCUT2D eigenvalue weighted by atomic mass is 32.2. The van der Waals surface area contributed by atoms with E-state index in [0.29, 0.717) is 5.95 Å². The molecule has 0 aliphatic carbocycles. The third-order valence-corrected chi connectivity index (χ3v) is 3.52. The molecule has 0 bridgehead atoms. The molecule has 0 fully saturated rings. The number of benzene rings is 1. The van der Waals surface area contributed by atoms with E-state index in [2.05, 4.69) is 48.3 Å². The number of hydrogen-bond acceptors (Lipinski definition) is 4. The Bertz CT molecular complexity index is 546. The molecule has 0 aliphatic heterocycles. The van der Waals surface area contributed by atoms with Crippen LogP contribution >= 0.6 is 11.8 Å². The molecule has 1 aromatic carbocycles. The topological polar surface area (TPSA) is 56.7 Å². The third-order valence-electron chi connectivity index (χ3n) is 2.63. The van der Waals surface area contributed by atoms with Gasteiger partial charge in [0.1, 0.15) is 0 Å². The molecular weight excluding hydrogens is 256 g/mol. The number of aromatic nitrogens is 3. The minimum absolute atomic E-state index is 0.274. The molecule has 2 N–H and O–H groups in total. The zero-order chi connectivity index (χ0) is 13.7. The van der Waals surface area contributed by atoms with Crippen LogP contribution in [0.4, 0.5) is 5.95 Å².